The molecular formula is C14H16O5. The fourth-order valence-electron chi connectivity index (χ4n) is 1.51. The third kappa shape index (κ3) is 4.48. The zero-order valence-electron chi connectivity index (χ0n) is 10.4. The number of aliphatic hydroxyl groups excluding tert-OH is 1. The van der Waals surface area contributed by atoms with Crippen molar-refractivity contribution in [3.63, 3.8) is 0 Å². The molecule has 5 nitrogen and oxygen atoms in total. The first kappa shape index (κ1) is 14.8. The van der Waals surface area contributed by atoms with Crippen molar-refractivity contribution >= 4 is 12.0 Å². The molecule has 0 heterocycles. The van der Waals surface area contributed by atoms with Gasteiger partial charge in [-0.3, -0.25) is 0 Å². The lowest BCUT2D eigenvalue weighted by Gasteiger charge is -2.04. The first-order valence-corrected chi connectivity index (χ1v) is 5.72. The van der Waals surface area contributed by atoms with E-state index in [1.54, 1.807) is 25.2 Å². The van der Waals surface area contributed by atoms with Gasteiger partial charge >= 0.3 is 5.97 Å². The van der Waals surface area contributed by atoms with Gasteiger partial charge in [0.15, 0.2) is 0 Å². The second kappa shape index (κ2) is 6.61. The molecule has 0 aliphatic rings. The molecular weight excluding hydrogens is 248 g/mol. The zero-order valence-corrected chi connectivity index (χ0v) is 10.4. The minimum absolute atomic E-state index is 0.201. The van der Waals surface area contributed by atoms with E-state index in [2.05, 4.69) is 0 Å². The van der Waals surface area contributed by atoms with Crippen molar-refractivity contribution in [2.45, 2.75) is 19.4 Å². The predicted molar refractivity (Wildman–Crippen MR) is 71.2 cm³/mol. The SMILES string of the molecule is C[C@@H](O)C/C=C/C=C\c1cc(O)cc(O)c1C(=O)O. The Morgan fingerprint density at radius 3 is 2.58 bits per heavy atom. The Morgan fingerprint density at radius 1 is 1.32 bits per heavy atom. The van der Waals surface area contributed by atoms with Crippen LogP contribution in [0.3, 0.4) is 0 Å². The zero-order chi connectivity index (χ0) is 14.4. The highest BCUT2D eigenvalue weighted by molar-refractivity contribution is 5.95. The molecule has 0 aliphatic carbocycles. The van der Waals surface area contributed by atoms with Crippen molar-refractivity contribution in [2.24, 2.45) is 0 Å². The number of benzene rings is 1. The number of aliphatic hydroxyl groups is 1. The van der Waals surface area contributed by atoms with Gasteiger partial charge in [-0.25, -0.2) is 4.79 Å². The van der Waals surface area contributed by atoms with Crippen molar-refractivity contribution in [1.82, 2.24) is 0 Å². The lowest BCUT2D eigenvalue weighted by molar-refractivity contribution is 0.0693. The number of phenolic OH excluding ortho intramolecular Hbond substituents is 1. The van der Waals surface area contributed by atoms with Gasteiger partial charge in [0, 0.05) is 6.07 Å². The summed E-state index contributed by atoms with van der Waals surface area (Å²) >= 11 is 0. The van der Waals surface area contributed by atoms with E-state index in [1.165, 1.54) is 12.1 Å². The van der Waals surface area contributed by atoms with Gasteiger partial charge in [-0.1, -0.05) is 24.3 Å². The van der Waals surface area contributed by atoms with Crippen molar-refractivity contribution in [2.75, 3.05) is 0 Å². The number of allylic oxidation sites excluding steroid dienone is 2. The average molecular weight is 264 g/mol. The van der Waals surface area contributed by atoms with Gasteiger partial charge in [0.2, 0.25) is 0 Å². The molecule has 0 bridgehead atoms. The maximum Gasteiger partial charge on any atom is 0.340 e. The molecule has 1 aromatic carbocycles. The highest BCUT2D eigenvalue weighted by Gasteiger charge is 2.14. The van der Waals surface area contributed by atoms with Gasteiger partial charge in [-0.05, 0) is 25.0 Å². The number of aromatic carboxylic acids is 1. The van der Waals surface area contributed by atoms with Crippen LogP contribution in [-0.4, -0.2) is 32.5 Å². The fraction of sp³-hybridized carbons (Fsp3) is 0.214. The molecule has 0 saturated heterocycles. The number of hydrogen-bond acceptors (Lipinski definition) is 4. The Balaban J connectivity index is 2.97. The first-order valence-electron chi connectivity index (χ1n) is 5.72. The van der Waals surface area contributed by atoms with E-state index in [0.717, 1.165) is 6.07 Å². The Morgan fingerprint density at radius 2 is 2.00 bits per heavy atom. The normalized spacial score (nSPS) is 13.2. The molecule has 0 aliphatic heterocycles. The van der Waals surface area contributed by atoms with Crippen molar-refractivity contribution in [3.8, 4) is 11.5 Å². The van der Waals surface area contributed by atoms with Crippen LogP contribution in [0.5, 0.6) is 11.5 Å². The van der Waals surface area contributed by atoms with Crippen molar-refractivity contribution in [1.29, 1.82) is 0 Å². The molecule has 1 rings (SSSR count). The molecule has 102 valence electrons. The lowest BCUT2D eigenvalue weighted by atomic mass is 10.1. The molecule has 0 unspecified atom stereocenters. The topological polar surface area (TPSA) is 98.0 Å². The summed E-state index contributed by atoms with van der Waals surface area (Å²) in [4.78, 5) is 11.0. The fourth-order valence-corrected chi connectivity index (χ4v) is 1.51. The summed E-state index contributed by atoms with van der Waals surface area (Å²) < 4.78 is 0. The molecule has 5 heteroatoms. The summed E-state index contributed by atoms with van der Waals surface area (Å²) in [5.74, 6) is -1.97. The van der Waals surface area contributed by atoms with Crippen LogP contribution in [0.2, 0.25) is 0 Å². The van der Waals surface area contributed by atoms with Gasteiger partial charge < -0.3 is 20.4 Å². The van der Waals surface area contributed by atoms with Crippen molar-refractivity contribution < 1.29 is 25.2 Å². The molecule has 0 radical (unpaired) electrons. The second-order valence-electron chi connectivity index (χ2n) is 4.11. The van der Waals surface area contributed by atoms with E-state index in [9.17, 15) is 15.0 Å². The summed E-state index contributed by atoms with van der Waals surface area (Å²) in [6, 6.07) is 2.23. The van der Waals surface area contributed by atoms with Gasteiger partial charge in [0.1, 0.15) is 17.1 Å². The Kier molecular flexibility index (Phi) is 5.14. The number of phenols is 2. The van der Waals surface area contributed by atoms with Crippen LogP contribution >= 0.6 is 0 Å². The third-order valence-electron chi connectivity index (χ3n) is 2.35. The Bertz CT molecular complexity index is 515. The molecule has 0 aromatic heterocycles. The summed E-state index contributed by atoms with van der Waals surface area (Å²) in [6.07, 6.45) is 6.46. The van der Waals surface area contributed by atoms with Gasteiger partial charge in [-0.15, -0.1) is 0 Å². The number of aromatic hydroxyl groups is 2. The molecule has 0 spiro atoms. The highest BCUT2D eigenvalue weighted by atomic mass is 16.4. The summed E-state index contributed by atoms with van der Waals surface area (Å²) in [6.45, 7) is 1.66. The Labute approximate surface area is 110 Å². The van der Waals surface area contributed by atoms with Crippen LogP contribution in [0.25, 0.3) is 6.08 Å². The second-order valence-corrected chi connectivity index (χ2v) is 4.11. The number of hydrogen-bond donors (Lipinski definition) is 4. The quantitative estimate of drug-likeness (QED) is 0.611. The van der Waals surface area contributed by atoms with E-state index in [0.29, 0.717) is 6.42 Å². The highest BCUT2D eigenvalue weighted by Crippen LogP contribution is 2.28. The molecule has 1 aromatic rings. The average Bonchev–Trinajstić information content (AvgIpc) is 2.26. The van der Waals surface area contributed by atoms with Crippen LogP contribution in [0.4, 0.5) is 0 Å². The Hall–Kier alpha value is -2.27. The van der Waals surface area contributed by atoms with E-state index >= 15 is 0 Å². The first-order chi connectivity index (χ1) is 8.91. The molecule has 0 amide bonds. The lowest BCUT2D eigenvalue weighted by Crippen LogP contribution is -2.00. The minimum atomic E-state index is -1.27. The molecule has 1 atom stereocenters. The maximum atomic E-state index is 11.0. The van der Waals surface area contributed by atoms with E-state index < -0.39 is 17.8 Å². The van der Waals surface area contributed by atoms with Gasteiger partial charge in [0.25, 0.3) is 0 Å². The smallest absolute Gasteiger partial charge is 0.340 e. The van der Waals surface area contributed by atoms with E-state index in [1.807, 2.05) is 0 Å². The van der Waals surface area contributed by atoms with Crippen LogP contribution in [0.1, 0.15) is 29.3 Å². The number of rotatable bonds is 5. The third-order valence-corrected chi connectivity index (χ3v) is 2.35. The molecule has 19 heavy (non-hydrogen) atoms. The monoisotopic (exact) mass is 264 g/mol. The summed E-state index contributed by atoms with van der Waals surface area (Å²) in [7, 11) is 0. The largest absolute Gasteiger partial charge is 0.508 e. The van der Waals surface area contributed by atoms with Crippen LogP contribution in [0.15, 0.2) is 30.4 Å². The van der Waals surface area contributed by atoms with Crippen LogP contribution < -0.4 is 0 Å². The molecule has 0 fully saturated rings. The van der Waals surface area contributed by atoms with E-state index in [4.69, 9.17) is 10.2 Å². The van der Waals surface area contributed by atoms with Gasteiger partial charge in [0.05, 0.1) is 6.10 Å². The number of carbonyl (C=O) groups is 1. The van der Waals surface area contributed by atoms with Crippen molar-refractivity contribution in [3.05, 3.63) is 41.5 Å². The van der Waals surface area contributed by atoms with Crippen LogP contribution in [-0.2, 0) is 0 Å². The minimum Gasteiger partial charge on any atom is -0.508 e. The van der Waals surface area contributed by atoms with Crippen LogP contribution in [0, 0.1) is 0 Å². The number of carboxylic acid groups (broad SMARTS) is 1. The van der Waals surface area contributed by atoms with Gasteiger partial charge in [-0.2, -0.15) is 0 Å². The standard InChI is InChI=1S/C14H16O5/c1-9(15)5-3-2-4-6-10-7-11(16)8-12(17)13(10)14(18)19/h2-4,6-9,15-17H,5H2,1H3,(H,18,19)/b3-2+,6-4-/t9-/m1/s1. The molecule has 4 N–H and O–H groups in total. The summed E-state index contributed by atoms with van der Waals surface area (Å²) in [5, 5.41) is 36.9. The summed E-state index contributed by atoms with van der Waals surface area (Å²) in [5.41, 5.74) is -0.0651. The predicted octanol–water partition coefficient (Wildman–Crippen LogP) is 2.14. The van der Waals surface area contributed by atoms with E-state index in [-0.39, 0.29) is 16.9 Å². The molecule has 0 saturated carbocycles. The number of carboxylic acids is 1. The maximum absolute atomic E-state index is 11.0.